The Labute approximate surface area is 327 Å². The molecule has 3 nitrogen and oxygen atoms in total. The van der Waals surface area contributed by atoms with Crippen LogP contribution in [0.4, 0.5) is 11.4 Å². The summed E-state index contributed by atoms with van der Waals surface area (Å²) in [7, 11) is -1.59. The highest BCUT2D eigenvalue weighted by atomic mass is 31.1. The van der Waals surface area contributed by atoms with Gasteiger partial charge in [0.15, 0.2) is 5.43 Å². The van der Waals surface area contributed by atoms with Crippen molar-refractivity contribution in [1.29, 1.82) is 0 Å². The lowest BCUT2D eigenvalue weighted by Gasteiger charge is -2.45. The smallest absolute Gasteiger partial charge is 0.194 e. The largest absolute Gasteiger partial charge is 0.398 e. The molecule has 0 bridgehead atoms. The minimum absolute atomic E-state index is 0.0910. The fourth-order valence-electron chi connectivity index (χ4n) is 10.1. The molecule has 0 radical (unpaired) electrons. The maximum atomic E-state index is 13.9. The molecule has 4 unspecified atom stereocenters. The van der Waals surface area contributed by atoms with Gasteiger partial charge in [-0.3, -0.25) is 4.79 Å². The Morgan fingerprint density at radius 1 is 0.600 bits per heavy atom. The number of rotatable bonds is 6. The van der Waals surface area contributed by atoms with E-state index < -0.39 is 20.9 Å². The highest BCUT2D eigenvalue weighted by molar-refractivity contribution is 7.74. The molecular weight excluding hydrogens is 707 g/mol. The van der Waals surface area contributed by atoms with Gasteiger partial charge in [0.2, 0.25) is 0 Å². The third kappa shape index (κ3) is 5.09. The normalized spacial score (nSPS) is 17.9. The number of fused-ring (bicyclic) bond motifs is 11. The van der Waals surface area contributed by atoms with E-state index in [-0.39, 0.29) is 17.0 Å². The van der Waals surface area contributed by atoms with Crippen LogP contribution in [0.15, 0.2) is 120 Å². The minimum atomic E-state index is -0.905. The average Bonchev–Trinajstić information content (AvgIpc) is 3.45. The molecule has 0 saturated carbocycles. The molecule has 0 saturated heterocycles. The van der Waals surface area contributed by atoms with E-state index in [0.29, 0.717) is 11.6 Å². The van der Waals surface area contributed by atoms with Crippen LogP contribution < -0.4 is 27.5 Å². The number of nitrogen functional groups attached to an aromatic ring is 2. The van der Waals surface area contributed by atoms with Gasteiger partial charge in [-0.2, -0.15) is 0 Å². The zero-order valence-electron chi connectivity index (χ0n) is 32.9. The van der Waals surface area contributed by atoms with Gasteiger partial charge in [-0.05, 0) is 98.9 Å². The van der Waals surface area contributed by atoms with Gasteiger partial charge < -0.3 is 11.5 Å². The molecule has 276 valence electrons. The predicted molar refractivity (Wildman–Crippen MR) is 241 cm³/mol. The van der Waals surface area contributed by atoms with E-state index in [9.17, 15) is 4.79 Å². The van der Waals surface area contributed by atoms with Gasteiger partial charge in [0, 0.05) is 37.7 Å². The Bertz CT molecular complexity index is 2760. The van der Waals surface area contributed by atoms with Crippen molar-refractivity contribution >= 4 is 58.4 Å². The van der Waals surface area contributed by atoms with Crippen molar-refractivity contribution in [3.8, 4) is 11.1 Å². The van der Waals surface area contributed by atoms with Crippen molar-refractivity contribution in [2.24, 2.45) is 0 Å². The van der Waals surface area contributed by atoms with Crippen LogP contribution in [-0.4, -0.2) is 5.66 Å². The lowest BCUT2D eigenvalue weighted by atomic mass is 9.67. The van der Waals surface area contributed by atoms with E-state index in [1.807, 2.05) is 18.2 Å². The van der Waals surface area contributed by atoms with E-state index >= 15 is 0 Å². The fraction of sp³-hybridized carbons (Fsp3) is 0.260. The second kappa shape index (κ2) is 13.2. The van der Waals surface area contributed by atoms with Gasteiger partial charge in [0.1, 0.15) is 0 Å². The molecule has 2 heterocycles. The molecule has 4 atom stereocenters. The van der Waals surface area contributed by atoms with Crippen molar-refractivity contribution in [1.82, 2.24) is 0 Å². The summed E-state index contributed by atoms with van der Waals surface area (Å²) in [6.45, 7) is 16.0. The molecule has 5 heteroatoms. The first-order valence-electron chi connectivity index (χ1n) is 19.9. The van der Waals surface area contributed by atoms with Crippen molar-refractivity contribution < 1.29 is 0 Å². The van der Waals surface area contributed by atoms with Gasteiger partial charge in [0.05, 0.1) is 5.41 Å². The molecule has 1 spiro atoms. The summed E-state index contributed by atoms with van der Waals surface area (Å²) in [4.78, 5) is 13.9. The molecule has 4 N–H and O–H groups in total. The number of hydrogen-bond donors (Lipinski definition) is 2. The minimum Gasteiger partial charge on any atom is -0.398 e. The first-order chi connectivity index (χ1) is 26.5. The maximum absolute atomic E-state index is 13.9. The molecule has 1 aliphatic carbocycles. The highest BCUT2D eigenvalue weighted by Crippen LogP contribution is 2.62. The summed E-state index contributed by atoms with van der Waals surface area (Å²) in [5.74, 6) is 0.610. The molecule has 9 rings (SSSR count). The maximum Gasteiger partial charge on any atom is 0.194 e. The lowest BCUT2D eigenvalue weighted by molar-refractivity contribution is 0.771. The zero-order chi connectivity index (χ0) is 38.5. The van der Waals surface area contributed by atoms with Crippen LogP contribution >= 0.6 is 15.5 Å². The summed E-state index contributed by atoms with van der Waals surface area (Å²) in [6, 6.07) is 42.7. The number of anilines is 2. The number of nitrogens with two attached hydrogens (primary N) is 2. The third-order valence-electron chi connectivity index (χ3n) is 12.4. The van der Waals surface area contributed by atoms with E-state index in [1.165, 1.54) is 55.1 Å². The van der Waals surface area contributed by atoms with Gasteiger partial charge in [-0.25, -0.2) is 0 Å². The quantitative estimate of drug-likeness (QED) is 0.101. The summed E-state index contributed by atoms with van der Waals surface area (Å²) in [6.07, 6.45) is 0.873. The van der Waals surface area contributed by atoms with E-state index in [0.717, 1.165) is 44.4 Å². The second-order valence-corrected chi connectivity index (χ2v) is 21.9. The van der Waals surface area contributed by atoms with Gasteiger partial charge >= 0.3 is 0 Å². The molecular formula is C50H50N2OP2. The zero-order valence-corrected chi connectivity index (χ0v) is 34.7. The van der Waals surface area contributed by atoms with Gasteiger partial charge in [0.25, 0.3) is 0 Å². The standard InChI is InChI=1S/C50H50N2OP2/c1-28(2)33-21-22-37-47(53)36-15-9-12-18-43(36)55(48(37)45(33)51)31(7)26-32-20-24-40-38(27-32)35-14-8-10-16-39(35)50(40)41-17-11-13-19-44(41)54(30(5)6)49-42(50)25-23-34(29(3)4)46(49)52/h8-25,27-31H,26,51-52H2,1-7H3. The van der Waals surface area contributed by atoms with Crippen LogP contribution in [0, 0.1) is 0 Å². The molecule has 0 fully saturated rings. The lowest BCUT2D eigenvalue weighted by Crippen LogP contribution is -2.44. The summed E-state index contributed by atoms with van der Waals surface area (Å²) in [5, 5.41) is 6.62. The fourth-order valence-corrected chi connectivity index (χ4v) is 16.1. The van der Waals surface area contributed by atoms with Crippen LogP contribution in [0.1, 0.15) is 105 Å². The highest BCUT2D eigenvalue weighted by Gasteiger charge is 2.52. The van der Waals surface area contributed by atoms with Crippen molar-refractivity contribution in [2.75, 3.05) is 11.5 Å². The van der Waals surface area contributed by atoms with Crippen LogP contribution in [0.2, 0.25) is 0 Å². The van der Waals surface area contributed by atoms with Crippen LogP contribution in [0.3, 0.4) is 0 Å². The summed E-state index contributed by atoms with van der Waals surface area (Å²) in [5.41, 5.74) is 28.2. The molecule has 55 heavy (non-hydrogen) atoms. The Hall–Kier alpha value is -4.68. The molecule has 6 aromatic carbocycles. The molecule has 1 aliphatic heterocycles. The Morgan fingerprint density at radius 2 is 1.22 bits per heavy atom. The van der Waals surface area contributed by atoms with Crippen LogP contribution in [-0.2, 0) is 11.8 Å². The summed E-state index contributed by atoms with van der Waals surface area (Å²) >= 11 is 0. The Kier molecular flexibility index (Phi) is 8.65. The first-order valence-corrected chi connectivity index (χ1v) is 22.7. The van der Waals surface area contributed by atoms with Crippen molar-refractivity contribution in [2.45, 2.75) is 83.5 Å². The molecule has 0 amide bonds. The SMILES string of the molecule is CC(C)c1ccc2c(c1N)P(C(C)C)c1ccccc1C21c2ccccc2-c2cc(CC(C)p3c4ccccc4c(=O)c4ccc(C(C)C)c(N)c43)ccc21. The predicted octanol–water partition coefficient (Wildman–Crippen LogP) is 12.1. The Balaban J connectivity index is 1.26. The van der Waals surface area contributed by atoms with E-state index in [2.05, 4.69) is 146 Å². The van der Waals surface area contributed by atoms with Crippen molar-refractivity contribution in [3.05, 3.63) is 164 Å². The molecule has 7 aromatic rings. The Morgan fingerprint density at radius 3 is 1.96 bits per heavy atom. The van der Waals surface area contributed by atoms with Crippen LogP contribution in [0.5, 0.6) is 0 Å². The van der Waals surface area contributed by atoms with E-state index in [4.69, 9.17) is 11.5 Å². The topological polar surface area (TPSA) is 69.1 Å². The van der Waals surface area contributed by atoms with E-state index in [1.54, 1.807) is 0 Å². The second-order valence-electron chi connectivity index (χ2n) is 16.7. The van der Waals surface area contributed by atoms with Crippen molar-refractivity contribution in [3.63, 3.8) is 0 Å². The number of hydrogen-bond acceptors (Lipinski definition) is 3. The first kappa shape index (κ1) is 36.0. The monoisotopic (exact) mass is 756 g/mol. The molecule has 2 aliphatic rings. The average molecular weight is 757 g/mol. The number of benzene rings is 6. The van der Waals surface area contributed by atoms with Gasteiger partial charge in [-0.1, -0.05) is 158 Å². The van der Waals surface area contributed by atoms with Crippen LogP contribution in [0.25, 0.3) is 32.1 Å². The van der Waals surface area contributed by atoms with Gasteiger partial charge in [-0.15, -0.1) is 7.53 Å². The summed E-state index contributed by atoms with van der Waals surface area (Å²) < 4.78 is 0. The third-order valence-corrected chi connectivity index (χ3v) is 18.3. The molecule has 1 aromatic heterocycles.